The lowest BCUT2D eigenvalue weighted by Crippen LogP contribution is -2.15. The van der Waals surface area contributed by atoms with Crippen molar-refractivity contribution in [1.82, 2.24) is 0 Å². The normalized spacial score (nSPS) is 12.0. The van der Waals surface area contributed by atoms with Gasteiger partial charge in [0.25, 0.3) is 0 Å². The van der Waals surface area contributed by atoms with E-state index in [1.54, 1.807) is 18.2 Å². The van der Waals surface area contributed by atoms with Gasteiger partial charge in [-0.3, -0.25) is 9.59 Å². The maximum atomic E-state index is 12.1. The number of carbonyl (C=O) groups excluding carboxylic acids is 2. The maximum absolute atomic E-state index is 12.1. The van der Waals surface area contributed by atoms with Crippen molar-refractivity contribution < 1.29 is 23.8 Å². The van der Waals surface area contributed by atoms with E-state index in [1.165, 1.54) is 11.8 Å². The van der Waals surface area contributed by atoms with Crippen molar-refractivity contribution in [3.8, 4) is 11.5 Å². The maximum Gasteiger partial charge on any atom is 0.316 e. The fourth-order valence-corrected chi connectivity index (χ4v) is 2.97. The summed E-state index contributed by atoms with van der Waals surface area (Å²) in [4.78, 5) is 24.8. The first-order chi connectivity index (χ1) is 11.6. The molecular weight excluding hydrogens is 396 g/mol. The lowest BCUT2D eigenvalue weighted by atomic mass is 10.1. The third-order valence-electron chi connectivity index (χ3n) is 3.23. The molecule has 2 aromatic carbocycles. The highest BCUT2D eigenvalue weighted by atomic mass is 79.9. The van der Waals surface area contributed by atoms with E-state index >= 15 is 0 Å². The van der Waals surface area contributed by atoms with Gasteiger partial charge < -0.3 is 14.2 Å². The fourth-order valence-electron chi connectivity index (χ4n) is 2.01. The number of ether oxygens (including phenoxy) is 3. The molecule has 0 aromatic heterocycles. The topological polar surface area (TPSA) is 61.8 Å². The number of benzene rings is 2. The molecule has 3 rings (SSSR count). The van der Waals surface area contributed by atoms with Crippen molar-refractivity contribution in [2.45, 2.75) is 4.90 Å². The summed E-state index contributed by atoms with van der Waals surface area (Å²) in [5.41, 5.74) is 0.424. The third kappa shape index (κ3) is 4.30. The van der Waals surface area contributed by atoms with Crippen molar-refractivity contribution in [2.75, 3.05) is 19.2 Å². The molecule has 1 heterocycles. The standard InChI is InChI=1S/C17H13BrO5S/c18-12-2-4-13(5-3-12)24-9-17(20)21-8-14(19)11-1-6-15-16(7-11)23-10-22-15/h1-7H,8-10H2. The lowest BCUT2D eigenvalue weighted by molar-refractivity contribution is -0.139. The Morgan fingerprint density at radius 1 is 1.08 bits per heavy atom. The Hall–Kier alpha value is -1.99. The third-order valence-corrected chi connectivity index (χ3v) is 4.74. The SMILES string of the molecule is O=C(CSc1ccc(Br)cc1)OCC(=O)c1ccc2c(c1)OCO2. The average molecular weight is 409 g/mol. The zero-order chi connectivity index (χ0) is 16.9. The number of esters is 1. The molecule has 24 heavy (non-hydrogen) atoms. The predicted molar refractivity (Wildman–Crippen MR) is 92.7 cm³/mol. The Morgan fingerprint density at radius 2 is 1.83 bits per heavy atom. The van der Waals surface area contributed by atoms with Gasteiger partial charge in [-0.15, -0.1) is 11.8 Å². The summed E-state index contributed by atoms with van der Waals surface area (Å²) < 4.78 is 16.4. The molecule has 0 radical (unpaired) electrons. The van der Waals surface area contributed by atoms with Gasteiger partial charge in [0.05, 0.1) is 5.75 Å². The summed E-state index contributed by atoms with van der Waals surface area (Å²) in [6, 6.07) is 12.5. The second kappa shape index (κ2) is 7.72. The average Bonchev–Trinajstić information content (AvgIpc) is 3.06. The number of carbonyl (C=O) groups is 2. The summed E-state index contributed by atoms with van der Waals surface area (Å²) in [7, 11) is 0. The van der Waals surface area contributed by atoms with Crippen LogP contribution in [-0.4, -0.2) is 30.9 Å². The van der Waals surface area contributed by atoms with Gasteiger partial charge in [0.1, 0.15) is 0 Å². The van der Waals surface area contributed by atoms with Crippen molar-refractivity contribution in [1.29, 1.82) is 0 Å². The zero-order valence-electron chi connectivity index (χ0n) is 12.5. The van der Waals surface area contributed by atoms with Gasteiger partial charge in [-0.25, -0.2) is 0 Å². The summed E-state index contributed by atoms with van der Waals surface area (Å²) in [6.45, 7) is -0.144. The number of hydrogen-bond donors (Lipinski definition) is 0. The quantitative estimate of drug-likeness (QED) is 0.412. The minimum absolute atomic E-state index is 0.148. The van der Waals surface area contributed by atoms with Crippen LogP contribution < -0.4 is 9.47 Å². The Morgan fingerprint density at radius 3 is 2.62 bits per heavy atom. The van der Waals surface area contributed by atoms with Crippen LogP contribution in [-0.2, 0) is 9.53 Å². The van der Waals surface area contributed by atoms with Gasteiger partial charge >= 0.3 is 5.97 Å². The number of fused-ring (bicyclic) bond motifs is 1. The molecule has 0 bridgehead atoms. The van der Waals surface area contributed by atoms with E-state index in [0.717, 1.165) is 9.37 Å². The summed E-state index contributed by atoms with van der Waals surface area (Å²) >= 11 is 4.71. The molecule has 0 amide bonds. The molecular formula is C17H13BrO5S. The van der Waals surface area contributed by atoms with Gasteiger partial charge in [0.15, 0.2) is 23.9 Å². The molecule has 124 valence electrons. The van der Waals surface area contributed by atoms with Crippen LogP contribution in [0.2, 0.25) is 0 Å². The molecule has 0 spiro atoms. The first-order valence-electron chi connectivity index (χ1n) is 7.08. The second-order valence-corrected chi connectivity index (χ2v) is 6.86. The number of thioether (sulfide) groups is 1. The van der Waals surface area contributed by atoms with Crippen LogP contribution in [0, 0.1) is 0 Å². The van der Waals surface area contributed by atoms with Crippen molar-refractivity contribution in [3.63, 3.8) is 0 Å². The predicted octanol–water partition coefficient (Wildman–Crippen LogP) is 3.70. The Labute approximate surface area is 151 Å². The zero-order valence-corrected chi connectivity index (χ0v) is 14.9. The highest BCUT2D eigenvalue weighted by molar-refractivity contribution is 9.10. The molecule has 0 unspecified atom stereocenters. The highest BCUT2D eigenvalue weighted by Gasteiger charge is 2.17. The van der Waals surface area contributed by atoms with E-state index in [-0.39, 0.29) is 24.9 Å². The monoisotopic (exact) mass is 408 g/mol. The molecule has 7 heteroatoms. The molecule has 2 aromatic rings. The van der Waals surface area contributed by atoms with Crippen molar-refractivity contribution in [2.24, 2.45) is 0 Å². The minimum atomic E-state index is -0.433. The van der Waals surface area contributed by atoms with E-state index in [0.29, 0.717) is 17.1 Å². The molecule has 0 N–H and O–H groups in total. The first kappa shape index (κ1) is 16.9. The Kier molecular flexibility index (Phi) is 5.42. The molecule has 1 aliphatic heterocycles. The molecule has 0 saturated heterocycles. The van der Waals surface area contributed by atoms with Gasteiger partial charge in [0.2, 0.25) is 6.79 Å². The number of ketones is 1. The number of halogens is 1. The molecule has 0 fully saturated rings. The van der Waals surface area contributed by atoms with Crippen LogP contribution in [0.15, 0.2) is 51.8 Å². The minimum Gasteiger partial charge on any atom is -0.457 e. The van der Waals surface area contributed by atoms with Crippen LogP contribution in [0.5, 0.6) is 11.5 Å². The van der Waals surface area contributed by atoms with E-state index in [4.69, 9.17) is 14.2 Å². The second-order valence-electron chi connectivity index (χ2n) is 4.89. The Bertz CT molecular complexity index is 760. The summed E-state index contributed by atoms with van der Waals surface area (Å²) in [5, 5.41) is 0. The Balaban J connectivity index is 1.47. The molecule has 0 atom stereocenters. The first-order valence-corrected chi connectivity index (χ1v) is 8.86. The summed E-state index contributed by atoms with van der Waals surface area (Å²) in [5.74, 6) is 0.565. The molecule has 0 aliphatic carbocycles. The van der Waals surface area contributed by atoms with Crippen LogP contribution >= 0.6 is 27.7 Å². The molecule has 5 nitrogen and oxygen atoms in total. The van der Waals surface area contributed by atoms with Gasteiger partial charge in [-0.1, -0.05) is 15.9 Å². The fraction of sp³-hybridized carbons (Fsp3) is 0.176. The largest absolute Gasteiger partial charge is 0.457 e. The summed E-state index contributed by atoms with van der Waals surface area (Å²) in [6.07, 6.45) is 0. The molecule has 0 saturated carbocycles. The van der Waals surface area contributed by atoms with E-state index in [1.807, 2.05) is 24.3 Å². The van der Waals surface area contributed by atoms with Crippen LogP contribution in [0.1, 0.15) is 10.4 Å². The van der Waals surface area contributed by atoms with E-state index in [9.17, 15) is 9.59 Å². The number of Topliss-reactive ketones (excluding diaryl/α,β-unsaturated/α-hetero) is 1. The van der Waals surface area contributed by atoms with E-state index in [2.05, 4.69) is 15.9 Å². The van der Waals surface area contributed by atoms with Crippen LogP contribution in [0.25, 0.3) is 0 Å². The van der Waals surface area contributed by atoms with Crippen LogP contribution in [0.3, 0.4) is 0 Å². The van der Waals surface area contributed by atoms with Crippen LogP contribution in [0.4, 0.5) is 0 Å². The number of rotatable bonds is 6. The highest BCUT2D eigenvalue weighted by Crippen LogP contribution is 2.32. The lowest BCUT2D eigenvalue weighted by Gasteiger charge is -2.05. The smallest absolute Gasteiger partial charge is 0.316 e. The number of hydrogen-bond acceptors (Lipinski definition) is 6. The van der Waals surface area contributed by atoms with Gasteiger partial charge in [-0.05, 0) is 42.5 Å². The van der Waals surface area contributed by atoms with E-state index < -0.39 is 5.97 Å². The van der Waals surface area contributed by atoms with Gasteiger partial charge in [0, 0.05) is 14.9 Å². The van der Waals surface area contributed by atoms with Crippen molar-refractivity contribution >= 4 is 39.4 Å². The van der Waals surface area contributed by atoms with Crippen molar-refractivity contribution in [3.05, 3.63) is 52.5 Å². The van der Waals surface area contributed by atoms with Gasteiger partial charge in [-0.2, -0.15) is 0 Å². The molecule has 1 aliphatic rings.